The Kier molecular flexibility index (Phi) is 6.42. The number of amides is 1. The number of para-hydroxylation sites is 1. The van der Waals surface area contributed by atoms with Crippen molar-refractivity contribution < 1.29 is 22.7 Å². The van der Waals surface area contributed by atoms with Crippen molar-refractivity contribution in [3.05, 3.63) is 59.7 Å². The molecule has 0 spiro atoms. The van der Waals surface area contributed by atoms with Gasteiger partial charge in [0, 0.05) is 38.4 Å². The maximum absolute atomic E-state index is 13.3. The van der Waals surface area contributed by atoms with Gasteiger partial charge in [-0.3, -0.25) is 9.69 Å². The molecule has 34 heavy (non-hydrogen) atoms. The lowest BCUT2D eigenvalue weighted by atomic mass is 9.82. The van der Waals surface area contributed by atoms with Crippen LogP contribution in [0, 0.1) is 11.8 Å². The van der Waals surface area contributed by atoms with Crippen molar-refractivity contribution in [2.45, 2.75) is 31.5 Å². The van der Waals surface area contributed by atoms with Crippen molar-refractivity contribution in [2.24, 2.45) is 11.8 Å². The van der Waals surface area contributed by atoms with Gasteiger partial charge in [-0.25, -0.2) is 0 Å². The van der Waals surface area contributed by atoms with Crippen LogP contribution in [0.5, 0.6) is 5.75 Å². The number of benzene rings is 2. The van der Waals surface area contributed by atoms with Gasteiger partial charge in [0.2, 0.25) is 5.91 Å². The second-order valence-electron chi connectivity index (χ2n) is 9.56. The van der Waals surface area contributed by atoms with E-state index < -0.39 is 11.7 Å². The van der Waals surface area contributed by atoms with Crippen molar-refractivity contribution in [2.75, 3.05) is 44.2 Å². The monoisotopic (exact) mass is 473 g/mol. The molecule has 1 N–H and O–H groups in total. The van der Waals surface area contributed by atoms with Gasteiger partial charge in [-0.05, 0) is 61.1 Å². The van der Waals surface area contributed by atoms with E-state index in [1.807, 2.05) is 30.3 Å². The predicted octanol–water partition coefficient (Wildman–Crippen LogP) is 3.97. The van der Waals surface area contributed by atoms with Gasteiger partial charge in [0.15, 0.2) is 0 Å². The van der Waals surface area contributed by atoms with Crippen molar-refractivity contribution in [1.29, 1.82) is 0 Å². The van der Waals surface area contributed by atoms with Crippen molar-refractivity contribution in [1.82, 2.24) is 10.2 Å². The molecule has 2 aromatic carbocycles. The highest BCUT2D eigenvalue weighted by atomic mass is 19.4. The molecule has 0 unspecified atom stereocenters. The molecule has 1 amide bonds. The van der Waals surface area contributed by atoms with Crippen LogP contribution in [0.4, 0.5) is 18.9 Å². The predicted molar refractivity (Wildman–Crippen MR) is 124 cm³/mol. The van der Waals surface area contributed by atoms with E-state index in [0.29, 0.717) is 44.1 Å². The van der Waals surface area contributed by atoms with Crippen LogP contribution < -0.4 is 15.0 Å². The van der Waals surface area contributed by atoms with Crippen molar-refractivity contribution in [3.63, 3.8) is 0 Å². The third-order valence-corrected chi connectivity index (χ3v) is 7.14. The number of rotatable bonds is 7. The van der Waals surface area contributed by atoms with Gasteiger partial charge < -0.3 is 15.0 Å². The number of ether oxygens (including phenoxy) is 1. The van der Waals surface area contributed by atoms with E-state index in [1.54, 1.807) is 6.07 Å². The number of hydrogen-bond acceptors (Lipinski definition) is 4. The summed E-state index contributed by atoms with van der Waals surface area (Å²) in [5, 5.41) is 3.07. The lowest BCUT2D eigenvalue weighted by Crippen LogP contribution is -2.61. The quantitative estimate of drug-likeness (QED) is 0.661. The zero-order chi connectivity index (χ0) is 23.7. The van der Waals surface area contributed by atoms with Crippen molar-refractivity contribution in [3.8, 4) is 5.75 Å². The normalized spacial score (nSPS) is 22.6. The number of anilines is 1. The van der Waals surface area contributed by atoms with Gasteiger partial charge in [-0.15, -0.1) is 0 Å². The van der Waals surface area contributed by atoms with Crippen LogP contribution in [-0.4, -0.2) is 56.2 Å². The molecule has 2 aromatic rings. The van der Waals surface area contributed by atoms with Gasteiger partial charge in [0.05, 0.1) is 17.5 Å². The first-order chi connectivity index (χ1) is 16.4. The van der Waals surface area contributed by atoms with Gasteiger partial charge >= 0.3 is 6.18 Å². The molecule has 1 saturated heterocycles. The van der Waals surface area contributed by atoms with E-state index >= 15 is 0 Å². The largest absolute Gasteiger partial charge is 0.492 e. The van der Waals surface area contributed by atoms with E-state index in [-0.39, 0.29) is 17.9 Å². The molecule has 3 aliphatic rings. The van der Waals surface area contributed by atoms with Crippen molar-refractivity contribution >= 4 is 11.6 Å². The molecular formula is C26H30F3N3O2. The van der Waals surface area contributed by atoms with Crippen LogP contribution in [0.15, 0.2) is 48.5 Å². The molecule has 1 aliphatic carbocycles. The highest BCUT2D eigenvalue weighted by Crippen LogP contribution is 2.40. The fraction of sp³-hybridized carbons (Fsp3) is 0.500. The SMILES string of the molecule is O=C(NCC1CC1)[C@H]1Cc2cc(C(F)(F)F)ccc2N2CCN(CCOc3ccccc3)C[C@H]12. The van der Waals surface area contributed by atoms with Crippen LogP contribution >= 0.6 is 0 Å². The maximum atomic E-state index is 13.3. The molecule has 2 aliphatic heterocycles. The summed E-state index contributed by atoms with van der Waals surface area (Å²) in [6, 6.07) is 13.5. The molecule has 1 saturated carbocycles. The van der Waals surface area contributed by atoms with Gasteiger partial charge in [0.25, 0.3) is 0 Å². The summed E-state index contributed by atoms with van der Waals surface area (Å²) in [5.74, 6) is 0.941. The minimum atomic E-state index is -4.40. The average Bonchev–Trinajstić information content (AvgIpc) is 3.66. The Morgan fingerprint density at radius 3 is 2.62 bits per heavy atom. The van der Waals surface area contributed by atoms with Gasteiger partial charge in [-0.2, -0.15) is 13.2 Å². The number of alkyl halides is 3. The van der Waals surface area contributed by atoms with E-state index in [2.05, 4.69) is 15.1 Å². The molecule has 2 atom stereocenters. The number of nitrogens with zero attached hydrogens (tertiary/aromatic N) is 2. The molecule has 5 nitrogen and oxygen atoms in total. The van der Waals surface area contributed by atoms with E-state index in [0.717, 1.165) is 43.4 Å². The lowest BCUT2D eigenvalue weighted by molar-refractivity contribution is -0.137. The minimum Gasteiger partial charge on any atom is -0.492 e. The third-order valence-electron chi connectivity index (χ3n) is 7.14. The fourth-order valence-corrected chi connectivity index (χ4v) is 5.07. The molecule has 0 bridgehead atoms. The first kappa shape index (κ1) is 23.0. The fourth-order valence-electron chi connectivity index (χ4n) is 5.07. The Hall–Kier alpha value is -2.74. The summed E-state index contributed by atoms with van der Waals surface area (Å²) < 4.78 is 45.9. The maximum Gasteiger partial charge on any atom is 0.416 e. The summed E-state index contributed by atoms with van der Waals surface area (Å²) >= 11 is 0. The van der Waals surface area contributed by atoms with Gasteiger partial charge in [-0.1, -0.05) is 18.2 Å². The number of nitrogens with one attached hydrogen (secondary N) is 1. The topological polar surface area (TPSA) is 44.8 Å². The first-order valence-corrected chi connectivity index (χ1v) is 12.0. The standard InChI is InChI=1S/C26H30F3N3O2/c27-26(28,29)20-8-9-23-19(14-20)15-22(25(33)30-16-18-6-7-18)24-17-31(10-11-32(23)24)12-13-34-21-4-2-1-3-5-21/h1-5,8-9,14,18,22,24H,6-7,10-13,15-17H2,(H,30,33)/t22-,24+/m0/s1. The molecule has 182 valence electrons. The van der Waals surface area contributed by atoms with Crippen LogP contribution in [0.1, 0.15) is 24.0 Å². The zero-order valence-electron chi connectivity index (χ0n) is 19.1. The summed E-state index contributed by atoms with van der Waals surface area (Å²) in [6.45, 7) is 4.05. The molecule has 2 heterocycles. The Morgan fingerprint density at radius 1 is 1.09 bits per heavy atom. The lowest BCUT2D eigenvalue weighted by Gasteiger charge is -2.49. The molecule has 0 aromatic heterocycles. The number of halogens is 3. The number of carbonyl (C=O) groups excluding carboxylic acids is 1. The Balaban J connectivity index is 1.31. The zero-order valence-corrected chi connectivity index (χ0v) is 19.1. The first-order valence-electron chi connectivity index (χ1n) is 12.0. The second kappa shape index (κ2) is 9.49. The average molecular weight is 474 g/mol. The van der Waals surface area contributed by atoms with Gasteiger partial charge in [0.1, 0.15) is 12.4 Å². The van der Waals surface area contributed by atoms with Crippen LogP contribution in [0.3, 0.4) is 0 Å². The minimum absolute atomic E-state index is 0.0488. The van der Waals surface area contributed by atoms with E-state index in [9.17, 15) is 18.0 Å². The second-order valence-corrected chi connectivity index (χ2v) is 9.56. The molecule has 2 fully saturated rings. The molecular weight excluding hydrogens is 443 g/mol. The Bertz CT molecular complexity index is 1010. The van der Waals surface area contributed by atoms with E-state index in [4.69, 9.17) is 4.74 Å². The highest BCUT2D eigenvalue weighted by molar-refractivity contribution is 5.82. The highest BCUT2D eigenvalue weighted by Gasteiger charge is 2.42. The summed E-state index contributed by atoms with van der Waals surface area (Å²) in [5.41, 5.74) is 0.779. The van der Waals surface area contributed by atoms with Crippen LogP contribution in [0.25, 0.3) is 0 Å². The summed E-state index contributed by atoms with van der Waals surface area (Å²) in [7, 11) is 0. The number of piperazine rings is 1. The summed E-state index contributed by atoms with van der Waals surface area (Å²) in [6.07, 6.45) is -1.81. The Morgan fingerprint density at radius 2 is 1.88 bits per heavy atom. The Labute approximate surface area is 197 Å². The molecule has 8 heteroatoms. The van der Waals surface area contributed by atoms with Crippen LogP contribution in [0.2, 0.25) is 0 Å². The number of hydrogen-bond donors (Lipinski definition) is 1. The van der Waals surface area contributed by atoms with E-state index in [1.165, 1.54) is 6.07 Å². The van der Waals surface area contributed by atoms with Crippen LogP contribution in [-0.2, 0) is 17.4 Å². The number of fused-ring (bicyclic) bond motifs is 3. The summed E-state index contributed by atoms with van der Waals surface area (Å²) in [4.78, 5) is 17.6. The smallest absolute Gasteiger partial charge is 0.416 e. The molecule has 5 rings (SSSR count). The molecule has 0 radical (unpaired) electrons. The number of carbonyl (C=O) groups is 1. The third kappa shape index (κ3) is 5.17.